The van der Waals surface area contributed by atoms with Gasteiger partial charge in [0.2, 0.25) is 15.9 Å². The van der Waals surface area contributed by atoms with Crippen molar-refractivity contribution in [1.82, 2.24) is 9.62 Å². The van der Waals surface area contributed by atoms with Crippen LogP contribution in [0.25, 0.3) is 0 Å². The fourth-order valence-electron chi connectivity index (χ4n) is 4.06. The fourth-order valence-corrected chi connectivity index (χ4v) is 5.42. The van der Waals surface area contributed by atoms with E-state index in [-0.39, 0.29) is 29.3 Å². The summed E-state index contributed by atoms with van der Waals surface area (Å²) < 4.78 is 28.6. The minimum absolute atomic E-state index is 0.00670. The van der Waals surface area contributed by atoms with Crippen molar-refractivity contribution >= 4 is 39.2 Å². The summed E-state index contributed by atoms with van der Waals surface area (Å²) >= 11 is 5.89. The predicted molar refractivity (Wildman–Crippen MR) is 136 cm³/mol. The van der Waals surface area contributed by atoms with Gasteiger partial charge >= 0.3 is 5.97 Å². The number of hydrogen-bond donors (Lipinski definition) is 3. The van der Waals surface area contributed by atoms with Crippen LogP contribution in [0.3, 0.4) is 0 Å². The highest BCUT2D eigenvalue weighted by atomic mass is 35.5. The molecule has 1 heterocycles. The average molecular weight is 520 g/mol. The van der Waals surface area contributed by atoms with Gasteiger partial charge in [-0.1, -0.05) is 35.9 Å². The lowest BCUT2D eigenvalue weighted by atomic mass is 10.1. The predicted octanol–water partition coefficient (Wildman–Crippen LogP) is 4.03. The molecule has 2 aromatic carbocycles. The first kappa shape index (κ1) is 26.9. The summed E-state index contributed by atoms with van der Waals surface area (Å²) in [7, 11) is -3.70. The summed E-state index contributed by atoms with van der Waals surface area (Å²) in [4.78, 5) is 24.3. The number of hydrogen-bond acceptors (Lipinski definition) is 5. The Morgan fingerprint density at radius 2 is 1.83 bits per heavy atom. The molecule has 1 aliphatic heterocycles. The van der Waals surface area contributed by atoms with Crippen LogP contribution in [0.2, 0.25) is 5.02 Å². The maximum atomic E-state index is 12.9. The van der Waals surface area contributed by atoms with Crippen molar-refractivity contribution in [2.75, 3.05) is 11.9 Å². The molecule has 2 aromatic rings. The number of halogens is 1. The Hall–Kier alpha value is -2.72. The van der Waals surface area contributed by atoms with Crippen LogP contribution < -0.4 is 10.0 Å². The number of benzene rings is 2. The number of anilines is 1. The Kier molecular flexibility index (Phi) is 9.45. The van der Waals surface area contributed by atoms with Crippen LogP contribution in [-0.4, -0.2) is 48.9 Å². The van der Waals surface area contributed by atoms with Crippen molar-refractivity contribution in [3.63, 3.8) is 0 Å². The molecule has 3 rings (SSSR count). The van der Waals surface area contributed by atoms with E-state index in [0.717, 1.165) is 5.56 Å². The van der Waals surface area contributed by atoms with Crippen LogP contribution >= 0.6 is 11.6 Å². The fraction of sp³-hybridized carbons (Fsp3) is 0.360. The largest absolute Gasteiger partial charge is 0.481 e. The molecule has 35 heavy (non-hydrogen) atoms. The van der Waals surface area contributed by atoms with Gasteiger partial charge in [0, 0.05) is 49.2 Å². The molecule has 188 valence electrons. The maximum absolute atomic E-state index is 12.9. The average Bonchev–Trinajstić information content (AvgIpc) is 3.14. The molecule has 1 aliphatic rings. The molecule has 2 atom stereocenters. The van der Waals surface area contributed by atoms with Crippen LogP contribution in [0, 0.1) is 0 Å². The second-order valence-corrected chi connectivity index (χ2v) is 10.7. The number of carboxylic acids is 1. The van der Waals surface area contributed by atoms with Crippen LogP contribution in [0.5, 0.6) is 0 Å². The lowest BCUT2D eigenvalue weighted by Crippen LogP contribution is -2.37. The van der Waals surface area contributed by atoms with Crippen LogP contribution in [0.4, 0.5) is 5.69 Å². The topological polar surface area (TPSA) is 116 Å². The summed E-state index contributed by atoms with van der Waals surface area (Å²) in [5.41, 5.74) is 1.75. The SMILES string of the molecule is CC(=O)Nc1ccc(CN2C[C@H](NS(=O)(=O)c3ccc(Cl)cc3)C[C@H]2/C=C\CCCC(=O)O)cc1. The molecule has 0 spiro atoms. The summed E-state index contributed by atoms with van der Waals surface area (Å²) in [6.45, 7) is 2.57. The third kappa shape index (κ3) is 8.47. The number of nitrogens with zero attached hydrogens (tertiary/aromatic N) is 1. The van der Waals surface area contributed by atoms with E-state index in [4.69, 9.17) is 16.7 Å². The first-order valence-corrected chi connectivity index (χ1v) is 13.3. The number of allylic oxidation sites excluding steroid dienone is 1. The number of sulfonamides is 1. The van der Waals surface area contributed by atoms with E-state index in [9.17, 15) is 18.0 Å². The van der Waals surface area contributed by atoms with E-state index in [1.54, 1.807) is 12.1 Å². The lowest BCUT2D eigenvalue weighted by Gasteiger charge is -2.22. The van der Waals surface area contributed by atoms with Gasteiger partial charge < -0.3 is 10.4 Å². The van der Waals surface area contributed by atoms with Crippen LogP contribution in [0.15, 0.2) is 65.6 Å². The quantitative estimate of drug-likeness (QED) is 0.305. The standard InChI is InChI=1S/C25H30ClN3O5S/c1-18(30)27-21-11-7-19(8-12-21)16-29-17-22(15-23(29)5-3-2-4-6-25(31)32)28-35(33,34)24-13-9-20(26)10-14-24/h3,5,7-14,22-23,28H,2,4,6,15-17H2,1H3,(H,27,30)(H,31,32)/b5-3-/t22-,23-/m1/s1. The Labute approximate surface area is 211 Å². The summed E-state index contributed by atoms with van der Waals surface area (Å²) in [6, 6.07) is 13.3. The minimum Gasteiger partial charge on any atom is -0.481 e. The van der Waals surface area contributed by atoms with Crippen LogP contribution in [0.1, 0.15) is 38.2 Å². The minimum atomic E-state index is -3.70. The van der Waals surface area contributed by atoms with Gasteiger partial charge in [-0.2, -0.15) is 0 Å². The number of carbonyl (C=O) groups is 2. The molecular formula is C25H30ClN3O5S. The molecule has 3 N–H and O–H groups in total. The van der Waals surface area contributed by atoms with E-state index in [2.05, 4.69) is 14.9 Å². The third-order valence-corrected chi connectivity index (χ3v) is 7.46. The number of aliphatic carboxylic acids is 1. The molecule has 8 nitrogen and oxygen atoms in total. The van der Waals surface area contributed by atoms with E-state index >= 15 is 0 Å². The zero-order valence-electron chi connectivity index (χ0n) is 19.5. The zero-order valence-corrected chi connectivity index (χ0v) is 21.1. The molecule has 0 aromatic heterocycles. The van der Waals surface area contributed by atoms with Gasteiger partial charge in [0.15, 0.2) is 0 Å². The molecule has 0 aliphatic carbocycles. The van der Waals surface area contributed by atoms with E-state index in [1.165, 1.54) is 19.1 Å². The van der Waals surface area contributed by atoms with E-state index < -0.39 is 16.0 Å². The maximum Gasteiger partial charge on any atom is 0.303 e. The molecule has 0 saturated carbocycles. The van der Waals surface area contributed by atoms with E-state index in [0.29, 0.717) is 43.1 Å². The smallest absolute Gasteiger partial charge is 0.303 e. The van der Waals surface area contributed by atoms with Gasteiger partial charge in [-0.25, -0.2) is 13.1 Å². The van der Waals surface area contributed by atoms with E-state index in [1.807, 2.05) is 36.4 Å². The second-order valence-electron chi connectivity index (χ2n) is 8.60. The number of amides is 1. The van der Waals surface area contributed by atoms with Crippen molar-refractivity contribution in [2.24, 2.45) is 0 Å². The number of carbonyl (C=O) groups excluding carboxylic acids is 1. The number of nitrogens with one attached hydrogen (secondary N) is 2. The van der Waals surface area contributed by atoms with Gasteiger partial charge in [-0.05, 0) is 61.2 Å². The van der Waals surface area contributed by atoms with Gasteiger partial charge in [-0.15, -0.1) is 0 Å². The van der Waals surface area contributed by atoms with Gasteiger partial charge in [0.25, 0.3) is 0 Å². The molecule has 1 saturated heterocycles. The van der Waals surface area contributed by atoms with Gasteiger partial charge in [0.05, 0.1) is 4.90 Å². The highest BCUT2D eigenvalue weighted by Crippen LogP contribution is 2.25. The number of likely N-dealkylation sites (tertiary alicyclic amines) is 1. The monoisotopic (exact) mass is 519 g/mol. The highest BCUT2D eigenvalue weighted by molar-refractivity contribution is 7.89. The van der Waals surface area contributed by atoms with Gasteiger partial charge in [-0.3, -0.25) is 14.5 Å². The third-order valence-electron chi connectivity index (χ3n) is 5.68. The van der Waals surface area contributed by atoms with Crippen LogP contribution in [-0.2, 0) is 26.2 Å². The Balaban J connectivity index is 1.70. The molecule has 0 bridgehead atoms. The number of rotatable bonds is 11. The van der Waals surface area contributed by atoms with Crippen molar-refractivity contribution in [3.05, 3.63) is 71.3 Å². The first-order chi connectivity index (χ1) is 16.6. The molecule has 1 fully saturated rings. The molecular weight excluding hydrogens is 490 g/mol. The molecule has 10 heteroatoms. The van der Waals surface area contributed by atoms with Gasteiger partial charge in [0.1, 0.15) is 0 Å². The Bertz CT molecular complexity index is 1150. The second kappa shape index (κ2) is 12.3. The summed E-state index contributed by atoms with van der Waals surface area (Å²) in [6.07, 6.45) is 5.90. The number of unbranched alkanes of at least 4 members (excludes halogenated alkanes) is 1. The lowest BCUT2D eigenvalue weighted by molar-refractivity contribution is -0.137. The molecule has 0 unspecified atom stereocenters. The number of carboxylic acid groups (broad SMARTS) is 1. The highest BCUT2D eigenvalue weighted by Gasteiger charge is 2.33. The molecule has 0 radical (unpaired) electrons. The normalized spacial score (nSPS) is 18.7. The van der Waals surface area contributed by atoms with Crippen molar-refractivity contribution in [3.8, 4) is 0 Å². The molecule has 1 amide bonds. The first-order valence-electron chi connectivity index (χ1n) is 11.4. The Morgan fingerprint density at radius 3 is 2.46 bits per heavy atom. The van der Waals surface area contributed by atoms with Crippen molar-refractivity contribution in [1.29, 1.82) is 0 Å². The summed E-state index contributed by atoms with van der Waals surface area (Å²) in [5.74, 6) is -0.957. The summed E-state index contributed by atoms with van der Waals surface area (Å²) in [5, 5.41) is 12.0. The zero-order chi connectivity index (χ0) is 25.4. The van der Waals surface area contributed by atoms with Crippen molar-refractivity contribution in [2.45, 2.75) is 56.1 Å². The Morgan fingerprint density at radius 1 is 1.14 bits per heavy atom. The van der Waals surface area contributed by atoms with Crippen molar-refractivity contribution < 1.29 is 23.1 Å².